The minimum atomic E-state index is -4.53. The SMILES string of the molecule is CCC(O)C(C)(CC)OP(=O)(O)O. The average molecular weight is 212 g/mol. The lowest BCUT2D eigenvalue weighted by molar-refractivity contribution is -0.0603. The maximum atomic E-state index is 10.6. The molecular formula is C7H17O5P. The number of hydrogen-bond donors (Lipinski definition) is 3. The summed E-state index contributed by atoms with van der Waals surface area (Å²) in [4.78, 5) is 17.2. The Morgan fingerprint density at radius 2 is 1.92 bits per heavy atom. The number of rotatable bonds is 5. The van der Waals surface area contributed by atoms with Crippen molar-refractivity contribution in [2.75, 3.05) is 0 Å². The van der Waals surface area contributed by atoms with Crippen LogP contribution >= 0.6 is 7.82 Å². The molecular weight excluding hydrogens is 195 g/mol. The van der Waals surface area contributed by atoms with E-state index in [1.54, 1.807) is 13.8 Å². The van der Waals surface area contributed by atoms with Crippen LogP contribution in [0.2, 0.25) is 0 Å². The van der Waals surface area contributed by atoms with Crippen molar-refractivity contribution in [2.45, 2.75) is 45.3 Å². The van der Waals surface area contributed by atoms with Crippen LogP contribution in [0, 0.1) is 0 Å². The summed E-state index contributed by atoms with van der Waals surface area (Å²) in [5.74, 6) is 0. The summed E-state index contributed by atoms with van der Waals surface area (Å²) in [7, 11) is -4.53. The zero-order valence-electron chi connectivity index (χ0n) is 8.10. The second-order valence-corrected chi connectivity index (χ2v) is 4.34. The second kappa shape index (κ2) is 4.53. The standard InChI is InChI=1S/C7H17O5P/c1-4-6(8)7(3,5-2)12-13(9,10)11/h6,8H,4-5H2,1-3H3,(H2,9,10,11). The van der Waals surface area contributed by atoms with Crippen LogP contribution in [0.3, 0.4) is 0 Å². The molecule has 0 saturated heterocycles. The third-order valence-electron chi connectivity index (χ3n) is 2.12. The molecule has 0 spiro atoms. The van der Waals surface area contributed by atoms with E-state index in [9.17, 15) is 9.67 Å². The predicted molar refractivity (Wildman–Crippen MR) is 48.1 cm³/mol. The molecule has 0 aromatic carbocycles. The van der Waals surface area contributed by atoms with E-state index in [4.69, 9.17) is 9.79 Å². The van der Waals surface area contributed by atoms with Crippen LogP contribution in [0.15, 0.2) is 0 Å². The zero-order chi connectivity index (χ0) is 10.7. The maximum Gasteiger partial charge on any atom is 0.470 e. The fourth-order valence-electron chi connectivity index (χ4n) is 1.06. The molecule has 0 aliphatic rings. The van der Waals surface area contributed by atoms with Crippen LogP contribution in [0.4, 0.5) is 0 Å². The van der Waals surface area contributed by atoms with Gasteiger partial charge < -0.3 is 14.9 Å². The number of aliphatic hydroxyl groups excluding tert-OH is 1. The van der Waals surface area contributed by atoms with Gasteiger partial charge in [0.1, 0.15) is 5.60 Å². The van der Waals surface area contributed by atoms with Gasteiger partial charge in [-0.3, -0.25) is 4.52 Å². The number of phosphoric ester groups is 1. The van der Waals surface area contributed by atoms with Gasteiger partial charge in [-0.15, -0.1) is 0 Å². The van der Waals surface area contributed by atoms with Gasteiger partial charge in [-0.2, -0.15) is 0 Å². The number of phosphoric acid groups is 1. The van der Waals surface area contributed by atoms with Gasteiger partial charge in [-0.1, -0.05) is 13.8 Å². The highest BCUT2D eigenvalue weighted by molar-refractivity contribution is 7.46. The minimum Gasteiger partial charge on any atom is -0.390 e. The highest BCUT2D eigenvalue weighted by Gasteiger charge is 2.37. The van der Waals surface area contributed by atoms with Crippen LogP contribution in [-0.4, -0.2) is 26.6 Å². The van der Waals surface area contributed by atoms with Crippen molar-refractivity contribution < 1.29 is 24.0 Å². The molecule has 2 atom stereocenters. The van der Waals surface area contributed by atoms with Gasteiger partial charge in [0.2, 0.25) is 0 Å². The molecule has 80 valence electrons. The summed E-state index contributed by atoms with van der Waals surface area (Å²) in [5, 5.41) is 9.47. The molecule has 0 aliphatic carbocycles. The second-order valence-electron chi connectivity index (χ2n) is 3.17. The van der Waals surface area contributed by atoms with E-state index in [0.29, 0.717) is 12.8 Å². The van der Waals surface area contributed by atoms with Gasteiger partial charge in [0.25, 0.3) is 0 Å². The first-order chi connectivity index (χ1) is 5.75. The Labute approximate surface area is 78.0 Å². The third kappa shape index (κ3) is 4.20. The molecule has 0 aromatic heterocycles. The topological polar surface area (TPSA) is 87.0 Å². The molecule has 0 aliphatic heterocycles. The van der Waals surface area contributed by atoms with Crippen molar-refractivity contribution in [2.24, 2.45) is 0 Å². The van der Waals surface area contributed by atoms with Crippen LogP contribution in [0.25, 0.3) is 0 Å². The third-order valence-corrected chi connectivity index (χ3v) is 2.78. The van der Waals surface area contributed by atoms with E-state index < -0.39 is 19.5 Å². The van der Waals surface area contributed by atoms with Gasteiger partial charge in [0.15, 0.2) is 0 Å². The smallest absolute Gasteiger partial charge is 0.390 e. The Balaban J connectivity index is 4.55. The van der Waals surface area contributed by atoms with Crippen molar-refractivity contribution in [3.8, 4) is 0 Å². The van der Waals surface area contributed by atoms with E-state index >= 15 is 0 Å². The number of aliphatic hydroxyl groups is 1. The van der Waals surface area contributed by atoms with Crippen LogP contribution in [0.1, 0.15) is 33.6 Å². The Morgan fingerprint density at radius 1 is 1.46 bits per heavy atom. The van der Waals surface area contributed by atoms with Crippen LogP contribution < -0.4 is 0 Å². The van der Waals surface area contributed by atoms with Gasteiger partial charge in [-0.25, -0.2) is 4.57 Å². The molecule has 3 N–H and O–H groups in total. The molecule has 0 aromatic rings. The normalized spacial score (nSPS) is 19.5. The van der Waals surface area contributed by atoms with Crippen molar-refractivity contribution in [3.63, 3.8) is 0 Å². The first-order valence-electron chi connectivity index (χ1n) is 4.19. The molecule has 6 heteroatoms. The molecule has 0 rings (SSSR count). The van der Waals surface area contributed by atoms with E-state index in [1.807, 2.05) is 0 Å². The van der Waals surface area contributed by atoms with E-state index in [0.717, 1.165) is 0 Å². The number of hydrogen-bond acceptors (Lipinski definition) is 3. The fourth-order valence-corrected chi connectivity index (χ4v) is 1.86. The summed E-state index contributed by atoms with van der Waals surface area (Å²) in [6.45, 7) is 4.91. The van der Waals surface area contributed by atoms with Gasteiger partial charge >= 0.3 is 7.82 Å². The largest absolute Gasteiger partial charge is 0.470 e. The van der Waals surface area contributed by atoms with Crippen molar-refractivity contribution in [3.05, 3.63) is 0 Å². The minimum absolute atomic E-state index is 0.340. The van der Waals surface area contributed by atoms with E-state index in [-0.39, 0.29) is 0 Å². The Bertz CT molecular complexity index is 201. The van der Waals surface area contributed by atoms with Crippen LogP contribution in [-0.2, 0) is 9.09 Å². The molecule has 13 heavy (non-hydrogen) atoms. The summed E-state index contributed by atoms with van der Waals surface area (Å²) in [6.07, 6.45) is -0.137. The van der Waals surface area contributed by atoms with E-state index in [1.165, 1.54) is 6.92 Å². The zero-order valence-corrected chi connectivity index (χ0v) is 8.99. The highest BCUT2D eigenvalue weighted by Crippen LogP contribution is 2.44. The maximum absolute atomic E-state index is 10.6. The fraction of sp³-hybridized carbons (Fsp3) is 1.00. The van der Waals surface area contributed by atoms with Crippen molar-refractivity contribution in [1.29, 1.82) is 0 Å². The quantitative estimate of drug-likeness (QED) is 0.592. The van der Waals surface area contributed by atoms with Crippen molar-refractivity contribution in [1.82, 2.24) is 0 Å². The lowest BCUT2D eigenvalue weighted by Gasteiger charge is -2.32. The summed E-state index contributed by atoms with van der Waals surface area (Å²) < 4.78 is 15.1. The summed E-state index contributed by atoms with van der Waals surface area (Å²) in [5.41, 5.74) is -1.17. The monoisotopic (exact) mass is 212 g/mol. The Kier molecular flexibility index (Phi) is 4.55. The highest BCUT2D eigenvalue weighted by atomic mass is 31.2. The average Bonchev–Trinajstić information content (AvgIpc) is 1.99. The first kappa shape index (κ1) is 13.1. The summed E-state index contributed by atoms with van der Waals surface area (Å²) in [6, 6.07) is 0. The molecule has 0 radical (unpaired) electrons. The molecule has 5 nitrogen and oxygen atoms in total. The Morgan fingerprint density at radius 3 is 2.15 bits per heavy atom. The molecule has 0 fully saturated rings. The summed E-state index contributed by atoms with van der Waals surface area (Å²) >= 11 is 0. The van der Waals surface area contributed by atoms with Crippen molar-refractivity contribution >= 4 is 7.82 Å². The first-order valence-corrected chi connectivity index (χ1v) is 5.72. The van der Waals surface area contributed by atoms with Gasteiger partial charge in [0, 0.05) is 0 Å². The van der Waals surface area contributed by atoms with Gasteiger partial charge in [0.05, 0.1) is 6.10 Å². The van der Waals surface area contributed by atoms with Crippen LogP contribution in [0.5, 0.6) is 0 Å². The lowest BCUT2D eigenvalue weighted by atomic mass is 9.94. The molecule has 0 saturated carbocycles. The molecule has 0 heterocycles. The Hall–Kier alpha value is 0.0700. The van der Waals surface area contributed by atoms with Gasteiger partial charge in [-0.05, 0) is 19.8 Å². The lowest BCUT2D eigenvalue weighted by Crippen LogP contribution is -2.40. The predicted octanol–water partition coefficient (Wildman–Crippen LogP) is 1.04. The molecule has 2 unspecified atom stereocenters. The van der Waals surface area contributed by atoms with E-state index in [2.05, 4.69) is 4.52 Å². The molecule has 0 amide bonds. The molecule has 0 bridgehead atoms.